The van der Waals surface area contributed by atoms with Crippen LogP contribution in [0.25, 0.3) is 0 Å². The number of nitrogens with zero attached hydrogens (tertiary/aromatic N) is 3. The molecule has 1 unspecified atom stereocenters. The van der Waals surface area contributed by atoms with E-state index in [4.69, 9.17) is 27.9 Å². The molecule has 1 aliphatic heterocycles. The van der Waals surface area contributed by atoms with Gasteiger partial charge in [0.15, 0.2) is 0 Å². The average molecular weight is 569 g/mol. The lowest BCUT2D eigenvalue weighted by atomic mass is 10.1. The third-order valence-electron chi connectivity index (χ3n) is 6.34. The lowest BCUT2D eigenvalue weighted by Gasteiger charge is -2.27. The van der Waals surface area contributed by atoms with E-state index in [1.165, 1.54) is 23.6 Å². The van der Waals surface area contributed by atoms with Crippen molar-refractivity contribution in [2.24, 2.45) is 7.05 Å². The summed E-state index contributed by atoms with van der Waals surface area (Å²) in [6.45, 7) is 1.51. The first-order chi connectivity index (χ1) is 18.0. The number of nitrogens with one attached hydrogen (secondary N) is 1. The number of alkyl halides is 2. The van der Waals surface area contributed by atoms with Crippen LogP contribution in [-0.4, -0.2) is 33.1 Å². The van der Waals surface area contributed by atoms with E-state index in [0.29, 0.717) is 28.6 Å². The SMILES string of the molecule is CCC(F)(F)Oc1cc(Cl)cc(CC2Nc3c(c(=O)n(CCCO)c(=O)n3C)N2Cc2ccc(Cl)cc2)c1. The number of ether oxygens (including phenoxy) is 1. The molecule has 4 rings (SSSR count). The molecule has 0 aliphatic carbocycles. The van der Waals surface area contributed by atoms with E-state index in [0.717, 1.165) is 10.1 Å². The van der Waals surface area contributed by atoms with Crippen LogP contribution in [0.1, 0.15) is 30.9 Å². The first-order valence-electron chi connectivity index (χ1n) is 12.1. The van der Waals surface area contributed by atoms with E-state index >= 15 is 0 Å². The van der Waals surface area contributed by atoms with E-state index in [1.54, 1.807) is 25.2 Å². The second-order valence-corrected chi connectivity index (χ2v) is 9.95. The Morgan fingerprint density at radius 3 is 2.45 bits per heavy atom. The number of rotatable bonds is 10. The fourth-order valence-corrected chi connectivity index (χ4v) is 4.77. The van der Waals surface area contributed by atoms with Crippen LogP contribution in [0.2, 0.25) is 10.0 Å². The minimum absolute atomic E-state index is 0.0649. The van der Waals surface area contributed by atoms with Gasteiger partial charge in [-0.1, -0.05) is 42.3 Å². The Bertz CT molecular complexity index is 1430. The molecule has 0 spiro atoms. The highest BCUT2D eigenvalue weighted by Gasteiger charge is 2.35. The van der Waals surface area contributed by atoms with Crippen molar-refractivity contribution >= 4 is 34.7 Å². The van der Waals surface area contributed by atoms with Crippen LogP contribution in [0.4, 0.5) is 20.3 Å². The lowest BCUT2D eigenvalue weighted by molar-refractivity contribution is -0.177. The molecule has 38 heavy (non-hydrogen) atoms. The van der Waals surface area contributed by atoms with Gasteiger partial charge in [0, 0.05) is 49.6 Å². The molecule has 2 heterocycles. The van der Waals surface area contributed by atoms with Gasteiger partial charge in [0.1, 0.15) is 23.4 Å². The molecule has 2 N–H and O–H groups in total. The first-order valence-corrected chi connectivity index (χ1v) is 12.9. The van der Waals surface area contributed by atoms with Crippen molar-refractivity contribution < 1.29 is 18.6 Å². The van der Waals surface area contributed by atoms with Crippen LogP contribution in [0.15, 0.2) is 52.1 Å². The molecule has 8 nitrogen and oxygen atoms in total. The van der Waals surface area contributed by atoms with E-state index in [1.807, 2.05) is 17.0 Å². The molecule has 1 aliphatic rings. The quantitative estimate of drug-likeness (QED) is 0.371. The number of aliphatic hydroxyl groups is 1. The third-order valence-corrected chi connectivity index (χ3v) is 6.81. The second kappa shape index (κ2) is 11.3. The van der Waals surface area contributed by atoms with Crippen LogP contribution in [0, 0.1) is 0 Å². The highest BCUT2D eigenvalue weighted by Crippen LogP contribution is 2.35. The van der Waals surface area contributed by atoms with Gasteiger partial charge < -0.3 is 20.1 Å². The van der Waals surface area contributed by atoms with Crippen molar-refractivity contribution in [2.45, 2.75) is 51.6 Å². The summed E-state index contributed by atoms with van der Waals surface area (Å²) < 4.78 is 35.1. The van der Waals surface area contributed by atoms with Crippen LogP contribution >= 0.6 is 23.2 Å². The van der Waals surface area contributed by atoms with Crippen molar-refractivity contribution in [1.82, 2.24) is 9.13 Å². The Hall–Kier alpha value is -3.08. The van der Waals surface area contributed by atoms with Crippen molar-refractivity contribution in [3.8, 4) is 5.75 Å². The molecule has 12 heteroatoms. The monoisotopic (exact) mass is 568 g/mol. The predicted octanol–water partition coefficient (Wildman–Crippen LogP) is 4.62. The summed E-state index contributed by atoms with van der Waals surface area (Å²) >= 11 is 12.3. The topological polar surface area (TPSA) is 88.7 Å². The molecular weight excluding hydrogens is 541 g/mol. The zero-order valence-electron chi connectivity index (χ0n) is 20.9. The van der Waals surface area contributed by atoms with Gasteiger partial charge in [0.25, 0.3) is 5.56 Å². The van der Waals surface area contributed by atoms with Crippen molar-refractivity contribution in [3.05, 3.63) is 84.5 Å². The Morgan fingerprint density at radius 2 is 1.79 bits per heavy atom. The Labute approximate surface area is 228 Å². The summed E-state index contributed by atoms with van der Waals surface area (Å²) in [5.74, 6) is 0.271. The summed E-state index contributed by atoms with van der Waals surface area (Å²) in [6, 6.07) is 11.6. The lowest BCUT2D eigenvalue weighted by Crippen LogP contribution is -2.42. The molecule has 0 radical (unpaired) electrons. The smallest absolute Gasteiger partial charge is 0.397 e. The fraction of sp³-hybridized carbons (Fsp3) is 0.385. The van der Waals surface area contributed by atoms with Gasteiger partial charge in [-0.25, -0.2) is 4.79 Å². The second-order valence-electron chi connectivity index (χ2n) is 9.08. The maximum Gasteiger partial charge on any atom is 0.397 e. The van der Waals surface area contributed by atoms with Gasteiger partial charge >= 0.3 is 11.8 Å². The summed E-state index contributed by atoms with van der Waals surface area (Å²) in [4.78, 5) is 28.3. The number of aliphatic hydroxyl groups excluding tert-OH is 1. The number of aromatic nitrogens is 2. The fourth-order valence-electron chi connectivity index (χ4n) is 4.40. The highest BCUT2D eigenvalue weighted by atomic mass is 35.5. The summed E-state index contributed by atoms with van der Waals surface area (Å²) in [5.41, 5.74) is 0.750. The van der Waals surface area contributed by atoms with Gasteiger partial charge in [-0.15, -0.1) is 0 Å². The molecule has 1 aromatic heterocycles. The molecule has 0 amide bonds. The number of hydrogen-bond donors (Lipinski definition) is 2. The molecule has 0 fully saturated rings. The number of fused-ring (bicyclic) bond motifs is 1. The standard InChI is InChI=1S/C26H28Cl2F2N4O4/c1-3-26(29,30)38-20-12-17(11-19(28)14-20)13-21-31-23-22(34(21)15-16-5-7-18(27)8-6-16)24(36)33(9-4-10-35)25(37)32(23)2/h5-8,11-12,14,21,31,35H,3-4,9-10,13,15H2,1-2H3. The minimum Gasteiger partial charge on any atom is -0.433 e. The van der Waals surface area contributed by atoms with Crippen LogP contribution < -0.4 is 26.2 Å². The summed E-state index contributed by atoms with van der Waals surface area (Å²) in [5, 5.41) is 13.3. The molecule has 1 atom stereocenters. The minimum atomic E-state index is -3.34. The molecule has 0 saturated heterocycles. The van der Waals surface area contributed by atoms with Gasteiger partial charge in [-0.3, -0.25) is 13.9 Å². The molecule has 2 aromatic carbocycles. The zero-order valence-corrected chi connectivity index (χ0v) is 22.4. The van der Waals surface area contributed by atoms with E-state index in [9.17, 15) is 23.5 Å². The van der Waals surface area contributed by atoms with Gasteiger partial charge in [-0.05, 0) is 47.9 Å². The summed E-state index contributed by atoms with van der Waals surface area (Å²) in [7, 11) is 1.56. The Kier molecular flexibility index (Phi) is 8.34. The average Bonchev–Trinajstić information content (AvgIpc) is 3.21. The maximum atomic E-state index is 13.9. The molecule has 0 bridgehead atoms. The van der Waals surface area contributed by atoms with Crippen LogP contribution in [-0.2, 0) is 26.6 Å². The number of anilines is 2. The zero-order chi connectivity index (χ0) is 27.6. The normalized spacial score (nSPS) is 14.9. The molecule has 204 valence electrons. The first kappa shape index (κ1) is 27.9. The molecule has 0 saturated carbocycles. The van der Waals surface area contributed by atoms with Crippen LogP contribution in [0.3, 0.4) is 0 Å². The Morgan fingerprint density at radius 1 is 1.08 bits per heavy atom. The van der Waals surface area contributed by atoms with Crippen molar-refractivity contribution in [1.29, 1.82) is 0 Å². The van der Waals surface area contributed by atoms with E-state index < -0.39 is 29.9 Å². The van der Waals surface area contributed by atoms with E-state index in [-0.39, 0.29) is 36.8 Å². The summed E-state index contributed by atoms with van der Waals surface area (Å²) in [6.07, 6.45) is -3.87. The van der Waals surface area contributed by atoms with Gasteiger partial charge in [0.2, 0.25) is 0 Å². The van der Waals surface area contributed by atoms with Crippen LogP contribution in [0.5, 0.6) is 5.75 Å². The number of benzene rings is 2. The number of hydrogen-bond acceptors (Lipinski definition) is 6. The third kappa shape index (κ3) is 5.98. The van der Waals surface area contributed by atoms with Crippen molar-refractivity contribution in [2.75, 3.05) is 16.8 Å². The molecular formula is C26H28Cl2F2N4O4. The maximum absolute atomic E-state index is 13.9. The van der Waals surface area contributed by atoms with Crippen molar-refractivity contribution in [3.63, 3.8) is 0 Å². The largest absolute Gasteiger partial charge is 0.433 e. The molecule has 3 aromatic rings. The van der Waals surface area contributed by atoms with Gasteiger partial charge in [0.05, 0.1) is 0 Å². The number of halogens is 4. The Balaban J connectivity index is 1.75. The van der Waals surface area contributed by atoms with Gasteiger partial charge in [-0.2, -0.15) is 8.78 Å². The highest BCUT2D eigenvalue weighted by molar-refractivity contribution is 6.31. The van der Waals surface area contributed by atoms with E-state index in [2.05, 4.69) is 5.32 Å². The predicted molar refractivity (Wildman–Crippen MR) is 144 cm³/mol.